The second kappa shape index (κ2) is 6.55. The van der Waals surface area contributed by atoms with Gasteiger partial charge in [0.15, 0.2) is 6.10 Å². The van der Waals surface area contributed by atoms with E-state index in [0.29, 0.717) is 17.7 Å². The predicted molar refractivity (Wildman–Crippen MR) is 93.7 cm³/mol. The molecule has 25 heavy (non-hydrogen) atoms. The molecule has 0 saturated carbocycles. The molecular weight excluding hydrogens is 318 g/mol. The summed E-state index contributed by atoms with van der Waals surface area (Å²) >= 11 is 0. The van der Waals surface area contributed by atoms with Crippen LogP contribution in [0.4, 0.5) is 11.5 Å². The van der Waals surface area contributed by atoms with Crippen molar-refractivity contribution in [3.63, 3.8) is 0 Å². The third kappa shape index (κ3) is 3.20. The van der Waals surface area contributed by atoms with Crippen LogP contribution >= 0.6 is 0 Å². The number of amides is 1. The van der Waals surface area contributed by atoms with Gasteiger partial charge in [-0.15, -0.1) is 0 Å². The maximum absolute atomic E-state index is 12.4. The summed E-state index contributed by atoms with van der Waals surface area (Å²) in [6.07, 6.45) is 3.58. The van der Waals surface area contributed by atoms with Crippen LogP contribution in [0.25, 0.3) is 0 Å². The number of aromatic nitrogens is 1. The van der Waals surface area contributed by atoms with Gasteiger partial charge in [-0.3, -0.25) is 4.79 Å². The average Bonchev–Trinajstić information content (AvgIpc) is 3.17. The van der Waals surface area contributed by atoms with Gasteiger partial charge in [0.05, 0.1) is 17.4 Å². The van der Waals surface area contributed by atoms with Crippen LogP contribution in [0.3, 0.4) is 0 Å². The first-order chi connectivity index (χ1) is 12.2. The summed E-state index contributed by atoms with van der Waals surface area (Å²) in [5.41, 5.74) is 1.97. The fourth-order valence-electron chi connectivity index (χ4n) is 3.29. The maximum atomic E-state index is 12.4. The number of carbonyl (C=O) groups excluding carboxylic acids is 2. The SMILES string of the molecule is O=C1OC(C(=O)Nc2ccc(N3CCCC3)nc2)Cc2ccccc21. The Balaban J connectivity index is 1.43. The summed E-state index contributed by atoms with van der Waals surface area (Å²) in [5, 5.41) is 2.78. The quantitative estimate of drug-likeness (QED) is 0.871. The first-order valence-electron chi connectivity index (χ1n) is 8.51. The lowest BCUT2D eigenvalue weighted by molar-refractivity contribution is -0.125. The van der Waals surface area contributed by atoms with E-state index in [1.807, 2.05) is 24.3 Å². The normalized spacial score (nSPS) is 19.3. The van der Waals surface area contributed by atoms with Crippen molar-refractivity contribution in [1.82, 2.24) is 4.98 Å². The van der Waals surface area contributed by atoms with Crippen LogP contribution in [0.15, 0.2) is 42.6 Å². The summed E-state index contributed by atoms with van der Waals surface area (Å²) in [7, 11) is 0. The number of anilines is 2. The van der Waals surface area contributed by atoms with Crippen molar-refractivity contribution in [3.05, 3.63) is 53.7 Å². The van der Waals surface area contributed by atoms with Gasteiger partial charge in [0, 0.05) is 19.5 Å². The first kappa shape index (κ1) is 15.6. The van der Waals surface area contributed by atoms with Crippen LogP contribution in [0.2, 0.25) is 0 Å². The summed E-state index contributed by atoms with van der Waals surface area (Å²) in [6.45, 7) is 2.05. The first-order valence-corrected chi connectivity index (χ1v) is 8.51. The number of carbonyl (C=O) groups is 2. The molecule has 2 aliphatic heterocycles. The van der Waals surface area contributed by atoms with E-state index in [0.717, 1.165) is 24.5 Å². The Morgan fingerprint density at radius 1 is 1.16 bits per heavy atom. The number of hydrogen-bond donors (Lipinski definition) is 1. The number of hydrogen-bond acceptors (Lipinski definition) is 5. The monoisotopic (exact) mass is 337 g/mol. The number of benzene rings is 1. The second-order valence-corrected chi connectivity index (χ2v) is 6.34. The smallest absolute Gasteiger partial charge is 0.339 e. The Kier molecular flexibility index (Phi) is 4.09. The van der Waals surface area contributed by atoms with Gasteiger partial charge in [-0.1, -0.05) is 18.2 Å². The van der Waals surface area contributed by atoms with Crippen molar-refractivity contribution in [3.8, 4) is 0 Å². The Labute approximate surface area is 145 Å². The van der Waals surface area contributed by atoms with Gasteiger partial charge < -0.3 is 15.0 Å². The van der Waals surface area contributed by atoms with E-state index in [2.05, 4.69) is 15.2 Å². The number of nitrogens with zero attached hydrogens (tertiary/aromatic N) is 2. The van der Waals surface area contributed by atoms with Crippen LogP contribution in [-0.2, 0) is 16.0 Å². The number of fused-ring (bicyclic) bond motifs is 1. The van der Waals surface area contributed by atoms with Crippen LogP contribution < -0.4 is 10.2 Å². The molecule has 1 saturated heterocycles. The Morgan fingerprint density at radius 2 is 1.96 bits per heavy atom. The lowest BCUT2D eigenvalue weighted by Crippen LogP contribution is -2.38. The zero-order chi connectivity index (χ0) is 17.2. The van der Waals surface area contributed by atoms with Crippen molar-refractivity contribution in [2.75, 3.05) is 23.3 Å². The van der Waals surface area contributed by atoms with Gasteiger partial charge >= 0.3 is 5.97 Å². The van der Waals surface area contributed by atoms with Crippen LogP contribution in [0.1, 0.15) is 28.8 Å². The van der Waals surface area contributed by atoms with Crippen LogP contribution in [0.5, 0.6) is 0 Å². The van der Waals surface area contributed by atoms with Crippen molar-refractivity contribution in [1.29, 1.82) is 0 Å². The molecule has 1 fully saturated rings. The molecule has 128 valence electrons. The molecular formula is C19H19N3O3. The molecule has 1 amide bonds. The summed E-state index contributed by atoms with van der Waals surface area (Å²) in [4.78, 5) is 31.1. The number of cyclic esters (lactones) is 1. The lowest BCUT2D eigenvalue weighted by atomic mass is 9.98. The van der Waals surface area contributed by atoms with E-state index < -0.39 is 12.1 Å². The average molecular weight is 337 g/mol. The molecule has 0 aliphatic carbocycles. The molecule has 2 aliphatic rings. The van der Waals surface area contributed by atoms with Crippen LogP contribution in [0, 0.1) is 0 Å². The Morgan fingerprint density at radius 3 is 2.72 bits per heavy atom. The number of pyridine rings is 1. The zero-order valence-corrected chi connectivity index (χ0v) is 13.8. The van der Waals surface area contributed by atoms with E-state index in [1.54, 1.807) is 18.3 Å². The third-order valence-electron chi connectivity index (χ3n) is 4.63. The van der Waals surface area contributed by atoms with E-state index >= 15 is 0 Å². The zero-order valence-electron chi connectivity index (χ0n) is 13.8. The molecule has 0 spiro atoms. The number of rotatable bonds is 3. The second-order valence-electron chi connectivity index (χ2n) is 6.34. The summed E-state index contributed by atoms with van der Waals surface area (Å²) in [5.74, 6) is 0.136. The third-order valence-corrected chi connectivity index (χ3v) is 4.63. The molecule has 1 aromatic heterocycles. The highest BCUT2D eigenvalue weighted by Crippen LogP contribution is 2.22. The van der Waals surface area contributed by atoms with Gasteiger partial charge in [0.25, 0.3) is 5.91 Å². The number of esters is 1. The summed E-state index contributed by atoms with van der Waals surface area (Å²) < 4.78 is 5.27. The van der Waals surface area contributed by atoms with Crippen LogP contribution in [-0.4, -0.2) is 36.1 Å². The Hall–Kier alpha value is -2.89. The minimum absolute atomic E-state index is 0.335. The van der Waals surface area contributed by atoms with Crippen molar-refractivity contribution in [2.24, 2.45) is 0 Å². The molecule has 3 heterocycles. The highest BCUT2D eigenvalue weighted by Gasteiger charge is 2.31. The van der Waals surface area contributed by atoms with E-state index in [9.17, 15) is 9.59 Å². The standard InChI is InChI=1S/C19H19N3O3/c23-18(16-11-13-5-1-2-6-15(13)19(24)25-16)21-14-7-8-17(20-12-14)22-9-3-4-10-22/h1-2,5-8,12,16H,3-4,9-11H2,(H,21,23). The van der Waals surface area contributed by atoms with Crippen molar-refractivity contribution < 1.29 is 14.3 Å². The molecule has 1 aromatic carbocycles. The predicted octanol–water partition coefficient (Wildman–Crippen LogP) is 2.40. The molecule has 6 heteroatoms. The highest BCUT2D eigenvalue weighted by atomic mass is 16.5. The molecule has 1 N–H and O–H groups in total. The van der Waals surface area contributed by atoms with Crippen molar-refractivity contribution in [2.45, 2.75) is 25.4 Å². The van der Waals surface area contributed by atoms with Gasteiger partial charge in [0.1, 0.15) is 5.82 Å². The molecule has 4 rings (SSSR count). The minimum Gasteiger partial charge on any atom is -0.448 e. The topological polar surface area (TPSA) is 71.5 Å². The minimum atomic E-state index is -0.819. The van der Waals surface area contributed by atoms with E-state index in [-0.39, 0.29) is 5.91 Å². The van der Waals surface area contributed by atoms with E-state index in [1.165, 1.54) is 12.8 Å². The summed E-state index contributed by atoms with van der Waals surface area (Å²) in [6, 6.07) is 10.9. The fraction of sp³-hybridized carbons (Fsp3) is 0.316. The van der Waals surface area contributed by atoms with E-state index in [4.69, 9.17) is 4.74 Å². The molecule has 0 bridgehead atoms. The largest absolute Gasteiger partial charge is 0.448 e. The maximum Gasteiger partial charge on any atom is 0.339 e. The molecule has 1 atom stereocenters. The highest BCUT2D eigenvalue weighted by molar-refractivity contribution is 6.00. The van der Waals surface area contributed by atoms with Gasteiger partial charge in [0.2, 0.25) is 0 Å². The molecule has 6 nitrogen and oxygen atoms in total. The van der Waals surface area contributed by atoms with Gasteiger partial charge in [-0.2, -0.15) is 0 Å². The Bertz CT molecular complexity index is 798. The van der Waals surface area contributed by atoms with Gasteiger partial charge in [-0.05, 0) is 36.6 Å². The molecule has 1 unspecified atom stereocenters. The fourth-order valence-corrected chi connectivity index (χ4v) is 3.29. The van der Waals surface area contributed by atoms with Crippen molar-refractivity contribution >= 4 is 23.4 Å². The lowest BCUT2D eigenvalue weighted by Gasteiger charge is -2.23. The van der Waals surface area contributed by atoms with Gasteiger partial charge in [-0.25, -0.2) is 9.78 Å². The molecule has 0 radical (unpaired) electrons. The molecule has 2 aromatic rings. The number of ether oxygens (including phenoxy) is 1. The number of nitrogens with one attached hydrogen (secondary N) is 1.